The normalized spacial score (nSPS) is 10.8. The molecule has 0 saturated carbocycles. The second kappa shape index (κ2) is 7.71. The molecule has 2 aromatic heterocycles. The molecule has 0 aliphatic rings. The molecule has 0 aliphatic heterocycles. The number of hydrogen-bond donors (Lipinski definition) is 3. The molecule has 6 nitrogen and oxygen atoms in total. The number of aromatic nitrogens is 2. The van der Waals surface area contributed by atoms with E-state index in [2.05, 4.69) is 26.2 Å². The van der Waals surface area contributed by atoms with E-state index in [0.29, 0.717) is 13.1 Å². The van der Waals surface area contributed by atoms with Crippen molar-refractivity contribution in [2.75, 3.05) is 17.6 Å². The Balaban J connectivity index is 1.80. The van der Waals surface area contributed by atoms with Crippen LogP contribution in [0.3, 0.4) is 0 Å². The molecule has 0 radical (unpaired) electrons. The molecule has 1 aromatic carbocycles. The van der Waals surface area contributed by atoms with Gasteiger partial charge in [0.2, 0.25) is 0 Å². The van der Waals surface area contributed by atoms with Gasteiger partial charge in [0.1, 0.15) is 11.5 Å². The van der Waals surface area contributed by atoms with Gasteiger partial charge in [0.05, 0.1) is 10.3 Å². The summed E-state index contributed by atoms with van der Waals surface area (Å²) in [6, 6.07) is 13.5. The highest BCUT2D eigenvalue weighted by atomic mass is 79.9. The molecule has 0 spiro atoms. The Hall–Kier alpha value is -2.32. The van der Waals surface area contributed by atoms with Crippen molar-refractivity contribution in [3.05, 3.63) is 77.5 Å². The number of rotatable bonds is 6. The average Bonchev–Trinajstić information content (AvgIpc) is 3.01. The van der Waals surface area contributed by atoms with E-state index in [9.17, 15) is 9.59 Å². The van der Waals surface area contributed by atoms with Crippen molar-refractivity contribution in [1.29, 1.82) is 0 Å². The third kappa shape index (κ3) is 4.21. The summed E-state index contributed by atoms with van der Waals surface area (Å²) in [5.41, 5.74) is 6.23. The maximum absolute atomic E-state index is 12.1. The molecule has 3 rings (SSSR count). The predicted molar refractivity (Wildman–Crippen MR) is 105 cm³/mol. The number of anilines is 2. The molecular formula is C17H17BrN4O2S. The molecule has 0 bridgehead atoms. The molecular weight excluding hydrogens is 404 g/mol. The Kier molecular flexibility index (Phi) is 5.40. The molecule has 25 heavy (non-hydrogen) atoms. The monoisotopic (exact) mass is 420 g/mol. The summed E-state index contributed by atoms with van der Waals surface area (Å²) in [6.45, 7) is 0.846. The first-order valence-electron chi connectivity index (χ1n) is 7.69. The molecule has 0 aliphatic carbocycles. The first-order valence-corrected chi connectivity index (χ1v) is 9.30. The maximum atomic E-state index is 12.1. The molecule has 0 atom stereocenters. The van der Waals surface area contributed by atoms with Gasteiger partial charge in [-0.15, -0.1) is 11.3 Å². The zero-order valence-electron chi connectivity index (χ0n) is 13.3. The van der Waals surface area contributed by atoms with Crippen molar-refractivity contribution < 1.29 is 0 Å². The predicted octanol–water partition coefficient (Wildman–Crippen LogP) is 2.65. The quantitative estimate of drug-likeness (QED) is 0.571. The highest BCUT2D eigenvalue weighted by molar-refractivity contribution is 9.11. The van der Waals surface area contributed by atoms with Crippen LogP contribution in [0.15, 0.2) is 55.8 Å². The van der Waals surface area contributed by atoms with Gasteiger partial charge >= 0.3 is 5.69 Å². The number of nitrogen functional groups attached to an aromatic ring is 1. The number of benzene rings is 1. The number of nitrogens with one attached hydrogen (secondary N) is 2. The summed E-state index contributed by atoms with van der Waals surface area (Å²) >= 11 is 5.07. The molecule has 0 unspecified atom stereocenters. The molecule has 8 heteroatoms. The van der Waals surface area contributed by atoms with Crippen LogP contribution in [0.25, 0.3) is 0 Å². The van der Waals surface area contributed by atoms with Crippen molar-refractivity contribution in [2.24, 2.45) is 0 Å². The summed E-state index contributed by atoms with van der Waals surface area (Å²) < 4.78 is 2.43. The molecule has 0 amide bonds. The van der Waals surface area contributed by atoms with E-state index < -0.39 is 11.2 Å². The highest BCUT2D eigenvalue weighted by Gasteiger charge is 2.12. The largest absolute Gasteiger partial charge is 0.383 e. The van der Waals surface area contributed by atoms with E-state index in [1.165, 1.54) is 9.44 Å². The van der Waals surface area contributed by atoms with Crippen LogP contribution in [-0.4, -0.2) is 16.1 Å². The van der Waals surface area contributed by atoms with Gasteiger partial charge in [-0.1, -0.05) is 30.3 Å². The second-order valence-corrected chi connectivity index (χ2v) is 8.02. The van der Waals surface area contributed by atoms with E-state index in [1.807, 2.05) is 42.5 Å². The Labute approximate surface area is 156 Å². The van der Waals surface area contributed by atoms with Gasteiger partial charge in [-0.3, -0.25) is 14.3 Å². The Morgan fingerprint density at radius 3 is 2.60 bits per heavy atom. The summed E-state index contributed by atoms with van der Waals surface area (Å²) in [5.74, 6) is 0.143. The second-order valence-electron chi connectivity index (χ2n) is 5.47. The lowest BCUT2D eigenvalue weighted by atomic mass is 10.2. The van der Waals surface area contributed by atoms with Crippen LogP contribution in [0.1, 0.15) is 10.4 Å². The fraction of sp³-hybridized carbons (Fsp3) is 0.176. The van der Waals surface area contributed by atoms with Gasteiger partial charge in [0, 0.05) is 11.4 Å². The highest BCUT2D eigenvalue weighted by Crippen LogP contribution is 2.22. The third-order valence-electron chi connectivity index (χ3n) is 3.73. The number of halogens is 1. The number of nitrogens with zero attached hydrogens (tertiary/aromatic N) is 1. The lowest BCUT2D eigenvalue weighted by Crippen LogP contribution is -2.34. The standard InChI is InChI=1S/C17H17BrN4O2S/c18-13-7-6-12(25-13)8-9-20-14-15(19)22(17(24)21-16(14)23)10-11-4-2-1-3-5-11/h1-7,20H,8-10,19H2,(H,21,23,24). The van der Waals surface area contributed by atoms with Crippen LogP contribution >= 0.6 is 27.3 Å². The number of aromatic amines is 1. The SMILES string of the molecule is Nc1c(NCCc2ccc(Br)s2)c(=O)[nH]c(=O)n1Cc1ccccc1. The van der Waals surface area contributed by atoms with E-state index in [1.54, 1.807) is 11.3 Å². The smallest absolute Gasteiger partial charge is 0.330 e. The van der Waals surface area contributed by atoms with E-state index in [4.69, 9.17) is 5.73 Å². The van der Waals surface area contributed by atoms with Gasteiger partial charge in [-0.25, -0.2) is 4.79 Å². The number of nitrogens with two attached hydrogens (primary N) is 1. The molecule has 4 N–H and O–H groups in total. The summed E-state index contributed by atoms with van der Waals surface area (Å²) in [7, 11) is 0. The lowest BCUT2D eigenvalue weighted by Gasteiger charge is -2.13. The Bertz CT molecular complexity index is 978. The van der Waals surface area contributed by atoms with Gasteiger partial charge in [-0.05, 0) is 40.0 Å². The molecule has 3 aromatic rings. The van der Waals surface area contributed by atoms with E-state index in [-0.39, 0.29) is 11.5 Å². The minimum Gasteiger partial charge on any atom is -0.383 e. The first-order chi connectivity index (χ1) is 12.0. The van der Waals surface area contributed by atoms with Gasteiger partial charge in [-0.2, -0.15) is 0 Å². The first kappa shape index (κ1) is 17.5. The van der Waals surface area contributed by atoms with Gasteiger partial charge in [0.15, 0.2) is 0 Å². The van der Waals surface area contributed by atoms with Gasteiger partial charge in [0.25, 0.3) is 5.56 Å². The average molecular weight is 421 g/mol. The third-order valence-corrected chi connectivity index (χ3v) is 5.41. The summed E-state index contributed by atoms with van der Waals surface area (Å²) in [5, 5.41) is 3.06. The van der Waals surface area contributed by atoms with Crippen molar-refractivity contribution in [1.82, 2.24) is 9.55 Å². The number of thiophene rings is 1. The Morgan fingerprint density at radius 2 is 1.92 bits per heavy atom. The summed E-state index contributed by atoms with van der Waals surface area (Å²) in [6.07, 6.45) is 0.757. The minimum atomic E-state index is -0.515. The Morgan fingerprint density at radius 1 is 1.16 bits per heavy atom. The zero-order valence-corrected chi connectivity index (χ0v) is 15.7. The van der Waals surface area contributed by atoms with Crippen LogP contribution < -0.4 is 22.3 Å². The van der Waals surface area contributed by atoms with E-state index in [0.717, 1.165) is 15.8 Å². The van der Waals surface area contributed by atoms with Crippen molar-refractivity contribution in [3.63, 3.8) is 0 Å². The fourth-order valence-corrected chi connectivity index (χ4v) is 3.96. The van der Waals surface area contributed by atoms with Crippen molar-refractivity contribution in [2.45, 2.75) is 13.0 Å². The lowest BCUT2D eigenvalue weighted by molar-refractivity contribution is 0.733. The molecule has 130 valence electrons. The fourth-order valence-electron chi connectivity index (χ4n) is 2.48. The number of hydrogen-bond acceptors (Lipinski definition) is 5. The van der Waals surface area contributed by atoms with Crippen LogP contribution in [0, 0.1) is 0 Å². The van der Waals surface area contributed by atoms with Crippen LogP contribution in [0.2, 0.25) is 0 Å². The van der Waals surface area contributed by atoms with E-state index >= 15 is 0 Å². The number of H-pyrrole nitrogens is 1. The van der Waals surface area contributed by atoms with Crippen LogP contribution in [0.5, 0.6) is 0 Å². The minimum absolute atomic E-state index is 0.143. The van der Waals surface area contributed by atoms with Crippen LogP contribution in [-0.2, 0) is 13.0 Å². The topological polar surface area (TPSA) is 92.9 Å². The molecule has 0 saturated heterocycles. The zero-order chi connectivity index (χ0) is 17.8. The van der Waals surface area contributed by atoms with Crippen LogP contribution in [0.4, 0.5) is 11.5 Å². The summed E-state index contributed by atoms with van der Waals surface area (Å²) in [4.78, 5) is 27.7. The van der Waals surface area contributed by atoms with Crippen molar-refractivity contribution in [3.8, 4) is 0 Å². The van der Waals surface area contributed by atoms with Crippen molar-refractivity contribution >= 4 is 38.8 Å². The molecule has 2 heterocycles. The maximum Gasteiger partial charge on any atom is 0.330 e. The van der Waals surface area contributed by atoms with Gasteiger partial charge < -0.3 is 11.1 Å². The molecule has 0 fully saturated rings.